The highest BCUT2D eigenvalue weighted by Crippen LogP contribution is 2.19. The topological polar surface area (TPSA) is 70.4 Å². The quantitative estimate of drug-likeness (QED) is 0.400. The van der Waals surface area contributed by atoms with Gasteiger partial charge in [-0.3, -0.25) is 10.0 Å². The second-order valence-electron chi connectivity index (χ2n) is 8.15. The molecule has 0 spiro atoms. The molecule has 2 aromatic rings. The number of amides is 1. The summed E-state index contributed by atoms with van der Waals surface area (Å²) in [5.41, 5.74) is 4.79. The number of carbonyl (C=O) groups is 1. The Hall–Kier alpha value is -2.18. The predicted molar refractivity (Wildman–Crippen MR) is 109 cm³/mol. The summed E-state index contributed by atoms with van der Waals surface area (Å²) in [5, 5.41) is 8.54. The minimum absolute atomic E-state index is 0.352. The summed E-state index contributed by atoms with van der Waals surface area (Å²) in [4.78, 5) is 18.1. The standard InChI is InChI=1S/C21H32N4O2/c1-5-11-24(12-10-21(2,3)4)13-14-25-16-22-18-15-17(6-8-19(18)25)7-9-20(26)23-27/h6-9,15-16,27H,5,10-14H2,1-4H3,(H,23,26)/b9-7+. The van der Waals surface area contributed by atoms with E-state index in [0.717, 1.165) is 49.2 Å². The Morgan fingerprint density at radius 3 is 2.74 bits per heavy atom. The van der Waals surface area contributed by atoms with Crippen LogP contribution in [0.4, 0.5) is 0 Å². The van der Waals surface area contributed by atoms with Crippen molar-refractivity contribution in [2.45, 2.75) is 47.1 Å². The number of nitrogens with zero attached hydrogens (tertiary/aromatic N) is 3. The van der Waals surface area contributed by atoms with Crippen LogP contribution < -0.4 is 5.48 Å². The third-order valence-electron chi connectivity index (χ3n) is 4.56. The maximum atomic E-state index is 11.1. The number of fused-ring (bicyclic) bond motifs is 1. The fourth-order valence-electron chi connectivity index (χ4n) is 2.97. The molecule has 0 saturated heterocycles. The van der Waals surface area contributed by atoms with E-state index in [1.54, 1.807) is 11.6 Å². The smallest absolute Gasteiger partial charge is 0.267 e. The molecule has 2 rings (SSSR count). The van der Waals surface area contributed by atoms with Crippen LogP contribution in [-0.2, 0) is 11.3 Å². The van der Waals surface area contributed by atoms with Crippen molar-refractivity contribution in [3.8, 4) is 0 Å². The van der Waals surface area contributed by atoms with E-state index >= 15 is 0 Å². The molecule has 0 aliphatic heterocycles. The van der Waals surface area contributed by atoms with Gasteiger partial charge in [-0.1, -0.05) is 33.8 Å². The zero-order chi connectivity index (χ0) is 19.9. The Bertz CT molecular complexity index is 774. The summed E-state index contributed by atoms with van der Waals surface area (Å²) >= 11 is 0. The molecule has 6 heteroatoms. The third-order valence-corrected chi connectivity index (χ3v) is 4.56. The van der Waals surface area contributed by atoms with Crippen LogP contribution in [-0.4, -0.2) is 45.2 Å². The molecule has 0 fully saturated rings. The van der Waals surface area contributed by atoms with Crippen LogP contribution in [0.2, 0.25) is 0 Å². The Balaban J connectivity index is 2.03. The molecule has 1 aromatic heterocycles. The Kier molecular flexibility index (Phi) is 7.56. The van der Waals surface area contributed by atoms with Crippen LogP contribution >= 0.6 is 0 Å². The van der Waals surface area contributed by atoms with Crippen LogP contribution in [0.1, 0.15) is 46.1 Å². The highest BCUT2D eigenvalue weighted by atomic mass is 16.5. The molecule has 0 unspecified atom stereocenters. The Morgan fingerprint density at radius 1 is 1.30 bits per heavy atom. The first-order chi connectivity index (χ1) is 12.8. The highest BCUT2D eigenvalue weighted by Gasteiger charge is 2.13. The van der Waals surface area contributed by atoms with Crippen molar-refractivity contribution in [3.05, 3.63) is 36.2 Å². The molecular weight excluding hydrogens is 340 g/mol. The van der Waals surface area contributed by atoms with E-state index < -0.39 is 5.91 Å². The summed E-state index contributed by atoms with van der Waals surface area (Å²) in [6.45, 7) is 13.2. The number of aromatic nitrogens is 2. The molecule has 1 heterocycles. The van der Waals surface area contributed by atoms with Gasteiger partial charge in [0, 0.05) is 19.2 Å². The van der Waals surface area contributed by atoms with E-state index in [-0.39, 0.29) is 0 Å². The minimum atomic E-state index is -0.549. The van der Waals surface area contributed by atoms with Crippen molar-refractivity contribution < 1.29 is 10.0 Å². The Morgan fingerprint density at radius 2 is 2.07 bits per heavy atom. The minimum Gasteiger partial charge on any atom is -0.329 e. The van der Waals surface area contributed by atoms with E-state index in [4.69, 9.17) is 5.21 Å². The van der Waals surface area contributed by atoms with Gasteiger partial charge < -0.3 is 9.47 Å². The molecule has 0 atom stereocenters. The Labute approximate surface area is 161 Å². The van der Waals surface area contributed by atoms with Crippen molar-refractivity contribution in [1.82, 2.24) is 19.9 Å². The first-order valence-corrected chi connectivity index (χ1v) is 9.62. The van der Waals surface area contributed by atoms with Gasteiger partial charge >= 0.3 is 0 Å². The average molecular weight is 373 g/mol. The maximum absolute atomic E-state index is 11.1. The number of nitrogens with one attached hydrogen (secondary N) is 1. The lowest BCUT2D eigenvalue weighted by Crippen LogP contribution is -2.31. The van der Waals surface area contributed by atoms with Gasteiger partial charge in [-0.25, -0.2) is 10.5 Å². The molecule has 1 aromatic carbocycles. The molecule has 148 valence electrons. The van der Waals surface area contributed by atoms with E-state index in [1.165, 1.54) is 12.5 Å². The lowest BCUT2D eigenvalue weighted by molar-refractivity contribution is -0.124. The van der Waals surface area contributed by atoms with Gasteiger partial charge in [-0.05, 0) is 55.1 Å². The van der Waals surface area contributed by atoms with Gasteiger partial charge in [-0.15, -0.1) is 0 Å². The van der Waals surface area contributed by atoms with Gasteiger partial charge in [0.05, 0.1) is 17.4 Å². The van der Waals surface area contributed by atoms with E-state index in [1.807, 2.05) is 24.5 Å². The normalized spacial score (nSPS) is 12.4. The van der Waals surface area contributed by atoms with Gasteiger partial charge in [0.25, 0.3) is 5.91 Å². The number of hydrogen-bond donors (Lipinski definition) is 2. The first-order valence-electron chi connectivity index (χ1n) is 9.62. The van der Waals surface area contributed by atoms with Crippen LogP contribution in [0.3, 0.4) is 0 Å². The second kappa shape index (κ2) is 9.67. The van der Waals surface area contributed by atoms with Crippen LogP contribution in [0.25, 0.3) is 17.1 Å². The van der Waals surface area contributed by atoms with Crippen LogP contribution in [0.15, 0.2) is 30.6 Å². The summed E-state index contributed by atoms with van der Waals surface area (Å²) < 4.78 is 2.18. The van der Waals surface area contributed by atoms with Crippen molar-refractivity contribution in [2.24, 2.45) is 5.41 Å². The van der Waals surface area contributed by atoms with Gasteiger partial charge in [0.1, 0.15) is 0 Å². The number of benzene rings is 1. The number of hydrogen-bond acceptors (Lipinski definition) is 4. The van der Waals surface area contributed by atoms with Crippen molar-refractivity contribution in [2.75, 3.05) is 19.6 Å². The lowest BCUT2D eigenvalue weighted by Gasteiger charge is -2.26. The number of carbonyl (C=O) groups excluding carboxylic acids is 1. The molecule has 1 amide bonds. The predicted octanol–water partition coefficient (Wildman–Crippen LogP) is 3.70. The van der Waals surface area contributed by atoms with Crippen LogP contribution in [0, 0.1) is 5.41 Å². The van der Waals surface area contributed by atoms with E-state index in [2.05, 4.69) is 42.1 Å². The van der Waals surface area contributed by atoms with Gasteiger partial charge in [0.15, 0.2) is 0 Å². The molecule has 0 radical (unpaired) electrons. The van der Waals surface area contributed by atoms with E-state index in [9.17, 15) is 4.79 Å². The average Bonchev–Trinajstić information content (AvgIpc) is 3.03. The number of imidazole rings is 1. The van der Waals surface area contributed by atoms with E-state index in [0.29, 0.717) is 5.41 Å². The number of hydroxylamine groups is 1. The molecular formula is C21H32N4O2. The van der Waals surface area contributed by atoms with Crippen molar-refractivity contribution >= 4 is 23.0 Å². The molecule has 6 nitrogen and oxygen atoms in total. The summed E-state index contributed by atoms with van der Waals surface area (Å²) in [7, 11) is 0. The monoisotopic (exact) mass is 372 g/mol. The molecule has 0 bridgehead atoms. The zero-order valence-corrected chi connectivity index (χ0v) is 16.9. The third kappa shape index (κ3) is 6.81. The van der Waals surface area contributed by atoms with Crippen molar-refractivity contribution in [3.63, 3.8) is 0 Å². The fourth-order valence-corrected chi connectivity index (χ4v) is 2.97. The number of rotatable bonds is 9. The SMILES string of the molecule is CCCN(CCn1cnc2cc(/C=C/C(=O)NO)ccc21)CCC(C)(C)C. The molecule has 0 aliphatic carbocycles. The lowest BCUT2D eigenvalue weighted by atomic mass is 9.92. The van der Waals surface area contributed by atoms with Gasteiger partial charge in [0.2, 0.25) is 0 Å². The molecule has 0 saturated carbocycles. The summed E-state index contributed by atoms with van der Waals surface area (Å²) in [6.07, 6.45) is 7.17. The molecule has 0 aliphatic rings. The highest BCUT2D eigenvalue weighted by molar-refractivity contribution is 5.91. The van der Waals surface area contributed by atoms with Gasteiger partial charge in [-0.2, -0.15) is 0 Å². The largest absolute Gasteiger partial charge is 0.329 e. The fraction of sp³-hybridized carbons (Fsp3) is 0.524. The second-order valence-corrected chi connectivity index (χ2v) is 8.15. The summed E-state index contributed by atoms with van der Waals surface area (Å²) in [5.74, 6) is -0.549. The first kappa shape index (κ1) is 21.1. The zero-order valence-electron chi connectivity index (χ0n) is 16.9. The molecule has 27 heavy (non-hydrogen) atoms. The molecule has 2 N–H and O–H groups in total. The van der Waals surface area contributed by atoms with Crippen molar-refractivity contribution in [1.29, 1.82) is 0 Å². The summed E-state index contributed by atoms with van der Waals surface area (Å²) in [6, 6.07) is 5.92. The van der Waals surface area contributed by atoms with Crippen LogP contribution in [0.5, 0.6) is 0 Å². The maximum Gasteiger partial charge on any atom is 0.267 e.